The first-order valence-corrected chi connectivity index (χ1v) is 8.17. The second-order valence-corrected chi connectivity index (χ2v) is 5.92. The molecule has 160 valence electrons. The zero-order chi connectivity index (χ0) is 21.4. The number of carbonyl (C=O) groups excluding carboxylic acids is 1. The van der Waals surface area contributed by atoms with E-state index in [-0.39, 0.29) is 6.42 Å². The van der Waals surface area contributed by atoms with Crippen LogP contribution in [0.5, 0.6) is 0 Å². The van der Waals surface area contributed by atoms with Gasteiger partial charge in [-0.25, -0.2) is 0 Å². The van der Waals surface area contributed by atoms with Crippen molar-refractivity contribution in [2.24, 2.45) is 0 Å². The van der Waals surface area contributed by atoms with Crippen molar-refractivity contribution in [3.05, 3.63) is 12.7 Å². The molecule has 0 atom stereocenters. The highest BCUT2D eigenvalue weighted by atomic mass is 19.4. The molecule has 0 radical (unpaired) electrons. The molecule has 0 aliphatic heterocycles. The van der Waals surface area contributed by atoms with Gasteiger partial charge in [-0.1, -0.05) is 18.9 Å². The summed E-state index contributed by atoms with van der Waals surface area (Å²) in [5.41, 5.74) is 0. The molecule has 0 N–H and O–H groups in total. The largest absolute Gasteiger partial charge is 0.466 e. The molecule has 0 aromatic carbocycles. The average Bonchev–Trinajstić information content (AvgIpc) is 2.53. The van der Waals surface area contributed by atoms with E-state index in [2.05, 4.69) is 11.3 Å². The Labute approximate surface area is 150 Å². The molecule has 0 saturated heterocycles. The number of alkyl halides is 9. The van der Waals surface area contributed by atoms with Gasteiger partial charge in [0.1, 0.15) is 0 Å². The summed E-state index contributed by atoms with van der Waals surface area (Å²) in [5, 5.41) is 0. The Morgan fingerprint density at radius 3 is 1.89 bits per heavy atom. The fraction of sp³-hybridized carbons (Fsp3) is 0.812. The number of unbranched alkanes of at least 4 members (excludes halogenated alkanes) is 4. The molecular weight excluding hydrogens is 395 g/mol. The predicted molar refractivity (Wildman–Crippen MR) is 79.0 cm³/mol. The Balaban J connectivity index is 4.32. The first-order valence-electron chi connectivity index (χ1n) is 8.17. The van der Waals surface area contributed by atoms with E-state index in [0.717, 1.165) is 19.3 Å². The lowest BCUT2D eigenvalue weighted by atomic mass is 10.00. The molecule has 0 unspecified atom stereocenters. The fourth-order valence-electron chi connectivity index (χ4n) is 2.03. The van der Waals surface area contributed by atoms with Crippen molar-refractivity contribution < 1.29 is 49.0 Å². The SMILES string of the molecule is C=CCCCCCCC(=O)OCCCC(F)(F)C(F)(F)C(F)(F)C(F)(F)F. The third-order valence-corrected chi connectivity index (χ3v) is 3.65. The van der Waals surface area contributed by atoms with Gasteiger partial charge in [0, 0.05) is 12.8 Å². The van der Waals surface area contributed by atoms with Crippen LogP contribution in [0.4, 0.5) is 39.5 Å². The van der Waals surface area contributed by atoms with Crippen molar-refractivity contribution >= 4 is 5.97 Å². The minimum absolute atomic E-state index is 0.0488. The van der Waals surface area contributed by atoms with Gasteiger partial charge in [0.2, 0.25) is 0 Å². The molecule has 0 heterocycles. The van der Waals surface area contributed by atoms with Gasteiger partial charge in [-0.15, -0.1) is 6.58 Å². The van der Waals surface area contributed by atoms with E-state index < -0.39 is 49.4 Å². The zero-order valence-electron chi connectivity index (χ0n) is 14.4. The minimum atomic E-state index is -6.90. The zero-order valence-corrected chi connectivity index (χ0v) is 14.4. The highest BCUT2D eigenvalue weighted by molar-refractivity contribution is 5.69. The van der Waals surface area contributed by atoms with Crippen LogP contribution in [0, 0.1) is 0 Å². The van der Waals surface area contributed by atoms with Crippen molar-refractivity contribution in [2.45, 2.75) is 75.3 Å². The number of esters is 1. The van der Waals surface area contributed by atoms with Crippen molar-refractivity contribution in [2.75, 3.05) is 6.61 Å². The van der Waals surface area contributed by atoms with Crippen LogP contribution in [0.2, 0.25) is 0 Å². The first kappa shape index (κ1) is 25.6. The molecule has 0 fully saturated rings. The maximum Gasteiger partial charge on any atom is 0.460 e. The Hall–Kier alpha value is -1.42. The van der Waals surface area contributed by atoms with Crippen LogP contribution >= 0.6 is 0 Å². The quantitative estimate of drug-likeness (QED) is 0.152. The fourth-order valence-corrected chi connectivity index (χ4v) is 2.03. The topological polar surface area (TPSA) is 26.3 Å². The van der Waals surface area contributed by atoms with Crippen LogP contribution in [-0.2, 0) is 9.53 Å². The van der Waals surface area contributed by atoms with Gasteiger partial charge >= 0.3 is 29.9 Å². The molecule has 2 nitrogen and oxygen atoms in total. The number of ether oxygens (including phenoxy) is 1. The Morgan fingerprint density at radius 2 is 1.37 bits per heavy atom. The minimum Gasteiger partial charge on any atom is -0.466 e. The summed E-state index contributed by atoms with van der Waals surface area (Å²) in [7, 11) is 0. The molecule has 0 spiro atoms. The summed E-state index contributed by atoms with van der Waals surface area (Å²) in [6.07, 6.45) is -4.48. The number of halogens is 9. The Morgan fingerprint density at radius 1 is 0.815 bits per heavy atom. The lowest BCUT2D eigenvalue weighted by molar-refractivity contribution is -0.396. The third kappa shape index (κ3) is 7.25. The lowest BCUT2D eigenvalue weighted by Crippen LogP contribution is -2.60. The van der Waals surface area contributed by atoms with Crippen LogP contribution in [0.1, 0.15) is 51.4 Å². The van der Waals surface area contributed by atoms with E-state index >= 15 is 0 Å². The molecule has 0 aromatic heterocycles. The monoisotopic (exact) mass is 416 g/mol. The lowest BCUT2D eigenvalue weighted by Gasteiger charge is -2.33. The van der Waals surface area contributed by atoms with Crippen molar-refractivity contribution in [3.63, 3.8) is 0 Å². The standard InChI is InChI=1S/C16H21F9O2/c1-2-3-4-5-6-7-9-12(26)27-11-8-10-13(17,18)14(19,20)15(21,22)16(23,24)25/h2H,1,3-11H2. The maximum atomic E-state index is 13.2. The number of hydrogen-bond donors (Lipinski definition) is 0. The molecule has 0 aliphatic carbocycles. The summed E-state index contributed by atoms with van der Waals surface area (Å²) in [5.74, 6) is -20.0. The van der Waals surface area contributed by atoms with Gasteiger partial charge in [-0.2, -0.15) is 39.5 Å². The molecular formula is C16H21F9O2. The molecule has 0 rings (SSSR count). The van der Waals surface area contributed by atoms with Crippen molar-refractivity contribution in [1.29, 1.82) is 0 Å². The van der Waals surface area contributed by atoms with Crippen LogP contribution in [0.25, 0.3) is 0 Å². The van der Waals surface area contributed by atoms with Crippen LogP contribution in [0.15, 0.2) is 12.7 Å². The van der Waals surface area contributed by atoms with Gasteiger partial charge < -0.3 is 4.74 Å². The van der Waals surface area contributed by atoms with Crippen molar-refractivity contribution in [3.8, 4) is 0 Å². The molecule has 27 heavy (non-hydrogen) atoms. The second kappa shape index (κ2) is 10.2. The van der Waals surface area contributed by atoms with E-state index in [1.54, 1.807) is 6.08 Å². The molecule has 0 bridgehead atoms. The van der Waals surface area contributed by atoms with Gasteiger partial charge in [-0.05, 0) is 25.7 Å². The smallest absolute Gasteiger partial charge is 0.460 e. The first-order chi connectivity index (χ1) is 12.2. The summed E-state index contributed by atoms with van der Waals surface area (Å²) in [6.45, 7) is 2.74. The number of allylic oxidation sites excluding steroid dienone is 1. The summed E-state index contributed by atoms with van der Waals surface area (Å²) < 4.78 is 118. The maximum absolute atomic E-state index is 13.2. The number of rotatable bonds is 13. The van der Waals surface area contributed by atoms with Crippen LogP contribution in [-0.4, -0.2) is 36.5 Å². The number of hydrogen-bond acceptors (Lipinski definition) is 2. The third-order valence-electron chi connectivity index (χ3n) is 3.65. The van der Waals surface area contributed by atoms with Crippen LogP contribution in [0.3, 0.4) is 0 Å². The van der Waals surface area contributed by atoms with Crippen molar-refractivity contribution in [1.82, 2.24) is 0 Å². The summed E-state index contributed by atoms with van der Waals surface area (Å²) in [4.78, 5) is 11.3. The molecule has 0 amide bonds. The summed E-state index contributed by atoms with van der Waals surface area (Å²) in [6, 6.07) is 0. The van der Waals surface area contributed by atoms with E-state index in [1.165, 1.54) is 0 Å². The van der Waals surface area contributed by atoms with Gasteiger partial charge in [0.05, 0.1) is 6.61 Å². The van der Waals surface area contributed by atoms with Crippen LogP contribution < -0.4 is 0 Å². The molecule has 0 aliphatic rings. The number of carbonyl (C=O) groups is 1. The van der Waals surface area contributed by atoms with E-state index in [4.69, 9.17) is 0 Å². The van der Waals surface area contributed by atoms with Gasteiger partial charge in [0.15, 0.2) is 0 Å². The second-order valence-electron chi connectivity index (χ2n) is 5.92. The highest BCUT2D eigenvalue weighted by Crippen LogP contribution is 2.54. The molecule has 11 heteroatoms. The van der Waals surface area contributed by atoms with Gasteiger partial charge in [-0.3, -0.25) is 4.79 Å². The van der Waals surface area contributed by atoms with Gasteiger partial charge in [0.25, 0.3) is 0 Å². The van der Waals surface area contributed by atoms with E-state index in [0.29, 0.717) is 12.8 Å². The Kier molecular flexibility index (Phi) is 9.68. The Bertz CT molecular complexity index is 473. The van der Waals surface area contributed by atoms with E-state index in [1.807, 2.05) is 0 Å². The normalized spacial score (nSPS) is 13.5. The predicted octanol–water partition coefficient (Wildman–Crippen LogP) is 6.30. The highest BCUT2D eigenvalue weighted by Gasteiger charge is 2.81. The van der Waals surface area contributed by atoms with E-state index in [9.17, 15) is 44.3 Å². The average molecular weight is 416 g/mol. The molecule has 0 aromatic rings. The summed E-state index contributed by atoms with van der Waals surface area (Å²) >= 11 is 0. The molecule has 0 saturated carbocycles.